The third-order valence-corrected chi connectivity index (χ3v) is 6.86. The Kier molecular flexibility index (Phi) is 17.3. The van der Waals surface area contributed by atoms with E-state index in [0.29, 0.717) is 6.61 Å². The minimum Gasteiger partial charge on any atom is -0.447 e. The van der Waals surface area contributed by atoms with Gasteiger partial charge in [-0.2, -0.15) is 0 Å². The molecule has 1 rings (SSSR count). The first kappa shape index (κ1) is 27.3. The zero-order chi connectivity index (χ0) is 21.8. The summed E-state index contributed by atoms with van der Waals surface area (Å²) in [5.74, 6) is 0. The molecule has 0 bridgehead atoms. The summed E-state index contributed by atoms with van der Waals surface area (Å²) in [6, 6.07) is 0. The average Bonchev–Trinajstić information content (AvgIpc) is 3.11. The Morgan fingerprint density at radius 1 is 0.600 bits per heavy atom. The number of unbranched alkanes of at least 4 members (excludes halogenated alkanes) is 18. The summed E-state index contributed by atoms with van der Waals surface area (Å²) in [5, 5.41) is 3.17. The number of hydrogen-bond donors (Lipinski definition) is 1. The van der Waals surface area contributed by atoms with Crippen molar-refractivity contribution >= 4 is 6.09 Å². The van der Waals surface area contributed by atoms with Crippen molar-refractivity contribution in [1.82, 2.24) is 5.32 Å². The largest absolute Gasteiger partial charge is 0.447 e. The average molecular weight is 424 g/mol. The van der Waals surface area contributed by atoms with E-state index in [2.05, 4.69) is 19.2 Å². The highest BCUT2D eigenvalue weighted by atomic mass is 16.6. The van der Waals surface area contributed by atoms with Crippen LogP contribution in [0.5, 0.6) is 0 Å². The van der Waals surface area contributed by atoms with Gasteiger partial charge in [0, 0.05) is 0 Å². The van der Waals surface area contributed by atoms with Gasteiger partial charge in [-0.3, -0.25) is 0 Å². The number of cyclic esters (lactones) is 1. The quantitative estimate of drug-likeness (QED) is 0.176. The predicted molar refractivity (Wildman–Crippen MR) is 130 cm³/mol. The lowest BCUT2D eigenvalue weighted by Crippen LogP contribution is -2.43. The van der Waals surface area contributed by atoms with Gasteiger partial charge in [0.25, 0.3) is 0 Å². The highest BCUT2D eigenvalue weighted by Crippen LogP contribution is 2.27. The van der Waals surface area contributed by atoms with Gasteiger partial charge in [0.15, 0.2) is 0 Å². The minimum absolute atomic E-state index is 0.0720. The van der Waals surface area contributed by atoms with Crippen LogP contribution in [0.4, 0.5) is 4.79 Å². The van der Waals surface area contributed by atoms with Crippen molar-refractivity contribution in [3.8, 4) is 0 Å². The van der Waals surface area contributed by atoms with Crippen LogP contribution >= 0.6 is 0 Å². The van der Waals surface area contributed by atoms with Crippen LogP contribution in [-0.4, -0.2) is 18.2 Å². The van der Waals surface area contributed by atoms with E-state index in [1.54, 1.807) is 0 Å². The van der Waals surface area contributed by atoms with Gasteiger partial charge >= 0.3 is 6.09 Å². The lowest BCUT2D eigenvalue weighted by Gasteiger charge is -2.26. The van der Waals surface area contributed by atoms with Gasteiger partial charge in [0.1, 0.15) is 6.61 Å². The predicted octanol–water partition coefficient (Wildman–Crippen LogP) is 9.09. The smallest absolute Gasteiger partial charge is 0.407 e. The molecule has 0 unspecified atom stereocenters. The molecule has 1 heterocycles. The molecule has 178 valence electrons. The van der Waals surface area contributed by atoms with Crippen molar-refractivity contribution in [2.24, 2.45) is 0 Å². The summed E-state index contributed by atoms with van der Waals surface area (Å²) in [7, 11) is 0. The molecule has 0 saturated carbocycles. The Morgan fingerprint density at radius 3 is 1.23 bits per heavy atom. The highest BCUT2D eigenvalue weighted by Gasteiger charge is 2.38. The maximum Gasteiger partial charge on any atom is 0.407 e. The third-order valence-electron chi connectivity index (χ3n) is 6.86. The Bertz CT molecular complexity index is 372. The van der Waals surface area contributed by atoms with Gasteiger partial charge < -0.3 is 10.1 Å². The molecule has 1 aliphatic heterocycles. The molecule has 0 aromatic heterocycles. The van der Waals surface area contributed by atoms with Crippen molar-refractivity contribution in [3.63, 3.8) is 0 Å². The third kappa shape index (κ3) is 14.3. The summed E-state index contributed by atoms with van der Waals surface area (Å²) >= 11 is 0. The van der Waals surface area contributed by atoms with E-state index in [9.17, 15) is 4.79 Å². The summed E-state index contributed by atoms with van der Waals surface area (Å²) < 4.78 is 5.30. The summed E-state index contributed by atoms with van der Waals surface area (Å²) in [6.07, 6.45) is 29.2. The summed E-state index contributed by atoms with van der Waals surface area (Å²) in [6.45, 7) is 5.14. The van der Waals surface area contributed by atoms with Crippen molar-refractivity contribution in [1.29, 1.82) is 0 Å². The van der Waals surface area contributed by atoms with Gasteiger partial charge in [-0.25, -0.2) is 4.79 Å². The molecule has 0 aromatic carbocycles. The lowest BCUT2D eigenvalue weighted by molar-refractivity contribution is 0.168. The van der Waals surface area contributed by atoms with E-state index in [4.69, 9.17) is 4.74 Å². The van der Waals surface area contributed by atoms with Crippen LogP contribution in [0, 0.1) is 0 Å². The second kappa shape index (κ2) is 19.0. The second-order valence-corrected chi connectivity index (χ2v) is 9.85. The Morgan fingerprint density at radius 2 is 0.933 bits per heavy atom. The van der Waals surface area contributed by atoms with Gasteiger partial charge in [0.05, 0.1) is 5.54 Å². The van der Waals surface area contributed by atoms with Crippen LogP contribution in [-0.2, 0) is 4.74 Å². The number of ether oxygens (including phenoxy) is 1. The Labute approximate surface area is 188 Å². The first-order valence-corrected chi connectivity index (χ1v) is 13.7. The summed E-state index contributed by atoms with van der Waals surface area (Å²) in [5.41, 5.74) is -0.0720. The number of rotatable bonds is 22. The topological polar surface area (TPSA) is 38.3 Å². The van der Waals surface area contributed by atoms with Crippen molar-refractivity contribution in [2.45, 2.75) is 161 Å². The molecule has 1 amide bonds. The number of carbonyl (C=O) groups is 1. The first-order valence-electron chi connectivity index (χ1n) is 13.7. The van der Waals surface area contributed by atoms with Gasteiger partial charge in [0.2, 0.25) is 0 Å². The molecule has 1 N–H and O–H groups in total. The zero-order valence-corrected chi connectivity index (χ0v) is 20.6. The van der Waals surface area contributed by atoms with Crippen LogP contribution in [0.2, 0.25) is 0 Å². The SMILES string of the molecule is CCCCCCCCCCCCC1(CCCCCCCCCCCC)COC(=O)N1. The Balaban J connectivity index is 2.03. The number of hydrogen-bond acceptors (Lipinski definition) is 2. The second-order valence-electron chi connectivity index (χ2n) is 9.85. The normalized spacial score (nSPS) is 15.3. The molecule has 0 radical (unpaired) electrons. The molecule has 0 aromatic rings. The Hall–Kier alpha value is -0.730. The lowest BCUT2D eigenvalue weighted by atomic mass is 9.87. The molecule has 0 atom stereocenters. The molecule has 30 heavy (non-hydrogen) atoms. The molecule has 1 fully saturated rings. The molecule has 0 aliphatic carbocycles. The molecule has 3 nitrogen and oxygen atoms in total. The molecular formula is C27H53NO2. The van der Waals surface area contributed by atoms with E-state index in [-0.39, 0.29) is 11.6 Å². The van der Waals surface area contributed by atoms with Crippen LogP contribution in [0.1, 0.15) is 155 Å². The number of amides is 1. The molecule has 0 spiro atoms. The molecular weight excluding hydrogens is 370 g/mol. The fourth-order valence-corrected chi connectivity index (χ4v) is 4.79. The van der Waals surface area contributed by atoms with Gasteiger partial charge in [-0.1, -0.05) is 142 Å². The maximum absolute atomic E-state index is 11.7. The van der Waals surface area contributed by atoms with E-state index in [1.165, 1.54) is 128 Å². The standard InChI is InChI=1S/C27H53NO2/c1-3-5-7-9-11-13-15-17-19-21-23-27(25-30-26(29)28-27)24-22-20-18-16-14-12-10-8-6-4-2/h3-25H2,1-2H3,(H,28,29). The van der Waals surface area contributed by atoms with Crippen LogP contribution in [0.15, 0.2) is 0 Å². The fraction of sp³-hybridized carbons (Fsp3) is 0.963. The van der Waals surface area contributed by atoms with Crippen LogP contribution in [0.25, 0.3) is 0 Å². The first-order chi connectivity index (χ1) is 14.7. The van der Waals surface area contributed by atoms with E-state index in [1.807, 2.05) is 0 Å². The summed E-state index contributed by atoms with van der Waals surface area (Å²) in [4.78, 5) is 11.7. The number of nitrogens with one attached hydrogen (secondary N) is 1. The number of carbonyl (C=O) groups excluding carboxylic acids is 1. The van der Waals surface area contributed by atoms with Crippen LogP contribution in [0.3, 0.4) is 0 Å². The molecule has 1 aliphatic rings. The monoisotopic (exact) mass is 423 g/mol. The van der Waals surface area contributed by atoms with E-state index in [0.717, 1.165) is 12.8 Å². The van der Waals surface area contributed by atoms with Gasteiger partial charge in [-0.05, 0) is 12.8 Å². The minimum atomic E-state index is -0.200. The number of alkyl carbamates (subject to hydrolysis) is 1. The maximum atomic E-state index is 11.7. The van der Waals surface area contributed by atoms with Crippen molar-refractivity contribution in [3.05, 3.63) is 0 Å². The van der Waals surface area contributed by atoms with Crippen molar-refractivity contribution < 1.29 is 9.53 Å². The molecule has 1 saturated heterocycles. The van der Waals surface area contributed by atoms with E-state index < -0.39 is 0 Å². The highest BCUT2D eigenvalue weighted by molar-refractivity contribution is 5.70. The van der Waals surface area contributed by atoms with E-state index >= 15 is 0 Å². The molecule has 3 heteroatoms. The fourth-order valence-electron chi connectivity index (χ4n) is 4.79. The van der Waals surface area contributed by atoms with Gasteiger partial charge in [-0.15, -0.1) is 0 Å². The van der Waals surface area contributed by atoms with Crippen molar-refractivity contribution in [2.75, 3.05) is 6.61 Å². The van der Waals surface area contributed by atoms with Crippen LogP contribution < -0.4 is 5.32 Å². The zero-order valence-electron chi connectivity index (χ0n) is 20.6.